The Balaban J connectivity index is 1.98. The van der Waals surface area contributed by atoms with E-state index in [1.807, 2.05) is 18.2 Å². The van der Waals surface area contributed by atoms with Crippen molar-refractivity contribution in [3.63, 3.8) is 0 Å². The smallest absolute Gasteiger partial charge is 0.271 e. The van der Waals surface area contributed by atoms with Crippen molar-refractivity contribution in [1.29, 1.82) is 5.26 Å². The maximum atomic E-state index is 13.2. The standard InChI is InChI=1S/C25H25N3O4/c1-15(2)19-7-9-20(10-8-19)32-17(4)23(29)22-16(3)21(12-26)24(30)28(25(22)31)14-18-6-5-11-27-13-18/h5-11,13,15,17,31H,14H2,1-4H3. The molecular formula is C25H25N3O4. The SMILES string of the molecule is Cc1c(C(=O)C(C)Oc2ccc(C(C)C)cc2)c(O)n(Cc2cccnc2)c(=O)c1C#N. The maximum Gasteiger partial charge on any atom is 0.271 e. The van der Waals surface area contributed by atoms with Gasteiger partial charge in [0.2, 0.25) is 11.7 Å². The van der Waals surface area contributed by atoms with Crippen LogP contribution >= 0.6 is 0 Å². The second-order valence-corrected chi connectivity index (χ2v) is 7.91. The van der Waals surface area contributed by atoms with E-state index in [0.717, 1.165) is 10.1 Å². The molecule has 1 N–H and O–H groups in total. The van der Waals surface area contributed by atoms with Crippen LogP contribution in [-0.2, 0) is 6.54 Å². The zero-order chi connectivity index (χ0) is 23.4. The monoisotopic (exact) mass is 431 g/mol. The third kappa shape index (κ3) is 4.54. The molecule has 2 aromatic heterocycles. The largest absolute Gasteiger partial charge is 0.494 e. The number of rotatable bonds is 7. The molecule has 0 amide bonds. The van der Waals surface area contributed by atoms with Gasteiger partial charge in [-0.1, -0.05) is 32.0 Å². The van der Waals surface area contributed by atoms with Gasteiger partial charge in [0.25, 0.3) is 5.56 Å². The van der Waals surface area contributed by atoms with E-state index >= 15 is 0 Å². The molecule has 3 rings (SSSR count). The van der Waals surface area contributed by atoms with Crippen molar-refractivity contribution in [2.75, 3.05) is 0 Å². The van der Waals surface area contributed by atoms with Crippen molar-refractivity contribution in [3.05, 3.63) is 87.0 Å². The van der Waals surface area contributed by atoms with Crippen LogP contribution in [-0.4, -0.2) is 26.5 Å². The van der Waals surface area contributed by atoms with E-state index in [9.17, 15) is 20.0 Å². The highest BCUT2D eigenvalue weighted by molar-refractivity contribution is 6.03. The Labute approximate surface area is 186 Å². The second-order valence-electron chi connectivity index (χ2n) is 7.91. The first kappa shape index (κ1) is 22.8. The molecule has 0 spiro atoms. The van der Waals surface area contributed by atoms with Gasteiger partial charge in [-0.3, -0.25) is 19.1 Å². The molecule has 1 atom stereocenters. The van der Waals surface area contributed by atoms with Crippen molar-refractivity contribution in [1.82, 2.24) is 9.55 Å². The van der Waals surface area contributed by atoms with Crippen LogP contribution in [0, 0.1) is 18.3 Å². The Kier molecular flexibility index (Phi) is 6.74. The first-order chi connectivity index (χ1) is 15.2. The van der Waals surface area contributed by atoms with Crippen molar-refractivity contribution in [2.24, 2.45) is 0 Å². The molecule has 1 aromatic carbocycles. The van der Waals surface area contributed by atoms with Crippen molar-refractivity contribution in [3.8, 4) is 17.7 Å². The summed E-state index contributed by atoms with van der Waals surface area (Å²) in [5, 5.41) is 20.4. The molecule has 0 radical (unpaired) electrons. The van der Waals surface area contributed by atoms with Crippen LogP contribution in [0.2, 0.25) is 0 Å². The van der Waals surface area contributed by atoms with E-state index in [1.165, 1.54) is 6.92 Å². The minimum atomic E-state index is -0.944. The summed E-state index contributed by atoms with van der Waals surface area (Å²) in [7, 11) is 0. The average Bonchev–Trinajstić information content (AvgIpc) is 2.78. The van der Waals surface area contributed by atoms with Crippen molar-refractivity contribution >= 4 is 5.78 Å². The molecule has 0 aliphatic heterocycles. The number of pyridine rings is 2. The van der Waals surface area contributed by atoms with E-state index in [2.05, 4.69) is 18.8 Å². The molecule has 0 fully saturated rings. The lowest BCUT2D eigenvalue weighted by Gasteiger charge is -2.19. The summed E-state index contributed by atoms with van der Waals surface area (Å²) in [6, 6.07) is 12.7. The number of ketones is 1. The molecule has 0 saturated heterocycles. The number of benzene rings is 1. The van der Waals surface area contributed by atoms with E-state index in [1.54, 1.807) is 43.6 Å². The van der Waals surface area contributed by atoms with Gasteiger partial charge in [0.05, 0.1) is 12.1 Å². The Morgan fingerprint density at radius 3 is 2.47 bits per heavy atom. The summed E-state index contributed by atoms with van der Waals surface area (Å²) in [5.74, 6) is -0.139. The number of ether oxygens (including phenoxy) is 1. The lowest BCUT2D eigenvalue weighted by molar-refractivity contribution is 0.0812. The molecule has 164 valence electrons. The molecule has 2 heterocycles. The van der Waals surface area contributed by atoms with E-state index in [0.29, 0.717) is 17.2 Å². The Morgan fingerprint density at radius 1 is 1.22 bits per heavy atom. The molecule has 3 aromatic rings. The predicted molar refractivity (Wildman–Crippen MR) is 120 cm³/mol. The molecular weight excluding hydrogens is 406 g/mol. The average molecular weight is 431 g/mol. The molecule has 0 saturated carbocycles. The van der Waals surface area contributed by atoms with E-state index < -0.39 is 23.3 Å². The van der Waals surface area contributed by atoms with Crippen LogP contribution in [0.15, 0.2) is 53.6 Å². The van der Waals surface area contributed by atoms with Crippen LogP contribution < -0.4 is 10.3 Å². The zero-order valence-corrected chi connectivity index (χ0v) is 18.5. The molecule has 7 heteroatoms. The van der Waals surface area contributed by atoms with Gasteiger partial charge >= 0.3 is 0 Å². The molecule has 1 unspecified atom stereocenters. The number of aromatic nitrogens is 2. The second kappa shape index (κ2) is 9.48. The van der Waals surface area contributed by atoms with Crippen molar-refractivity contribution in [2.45, 2.75) is 46.3 Å². The number of carbonyl (C=O) groups is 1. The number of nitrogens with zero attached hydrogens (tertiary/aromatic N) is 3. The van der Waals surface area contributed by atoms with Crippen LogP contribution in [0.3, 0.4) is 0 Å². The third-order valence-electron chi connectivity index (χ3n) is 5.34. The van der Waals surface area contributed by atoms with Crippen molar-refractivity contribution < 1.29 is 14.6 Å². The summed E-state index contributed by atoms with van der Waals surface area (Å²) < 4.78 is 6.81. The summed E-state index contributed by atoms with van der Waals surface area (Å²) >= 11 is 0. The van der Waals surface area contributed by atoms with Gasteiger partial charge in [0.1, 0.15) is 17.4 Å². The van der Waals surface area contributed by atoms with Gasteiger partial charge in [-0.25, -0.2) is 0 Å². The fourth-order valence-corrected chi connectivity index (χ4v) is 3.46. The minimum Gasteiger partial charge on any atom is -0.494 e. The van der Waals surface area contributed by atoms with Gasteiger partial charge in [0.15, 0.2) is 6.10 Å². The molecule has 32 heavy (non-hydrogen) atoms. The van der Waals surface area contributed by atoms with Gasteiger partial charge in [0, 0.05) is 12.4 Å². The minimum absolute atomic E-state index is 0.0281. The summed E-state index contributed by atoms with van der Waals surface area (Å²) in [6.45, 7) is 7.19. The highest BCUT2D eigenvalue weighted by Crippen LogP contribution is 2.26. The zero-order valence-electron chi connectivity index (χ0n) is 18.5. The summed E-state index contributed by atoms with van der Waals surface area (Å²) in [6.07, 6.45) is 2.19. The molecule has 0 aliphatic carbocycles. The lowest BCUT2D eigenvalue weighted by atomic mass is 9.99. The first-order valence-electron chi connectivity index (χ1n) is 10.3. The maximum absolute atomic E-state index is 13.2. The number of hydrogen-bond donors (Lipinski definition) is 1. The molecule has 0 bridgehead atoms. The van der Waals surface area contributed by atoms with Crippen LogP contribution in [0.4, 0.5) is 0 Å². The Morgan fingerprint density at radius 2 is 1.91 bits per heavy atom. The highest BCUT2D eigenvalue weighted by atomic mass is 16.5. The normalized spacial score (nSPS) is 11.8. The highest BCUT2D eigenvalue weighted by Gasteiger charge is 2.28. The quantitative estimate of drug-likeness (QED) is 0.568. The van der Waals surface area contributed by atoms with Gasteiger partial charge < -0.3 is 9.84 Å². The number of carbonyl (C=O) groups excluding carboxylic acids is 1. The van der Waals surface area contributed by atoms with Crippen LogP contribution in [0.1, 0.15) is 59.3 Å². The summed E-state index contributed by atoms with van der Waals surface area (Å²) in [4.78, 5) is 30.0. The Bertz CT molecular complexity index is 1220. The molecule has 7 nitrogen and oxygen atoms in total. The predicted octanol–water partition coefficient (Wildman–Crippen LogP) is 3.95. The van der Waals surface area contributed by atoms with Gasteiger partial charge in [-0.05, 0) is 54.7 Å². The number of aromatic hydroxyl groups is 1. The number of hydrogen-bond acceptors (Lipinski definition) is 6. The number of nitriles is 1. The summed E-state index contributed by atoms with van der Waals surface area (Å²) in [5.41, 5.74) is 0.963. The lowest BCUT2D eigenvalue weighted by Crippen LogP contribution is -2.31. The molecule has 0 aliphatic rings. The third-order valence-corrected chi connectivity index (χ3v) is 5.34. The fraction of sp³-hybridized carbons (Fsp3) is 0.280. The number of Topliss-reactive ketones (excluding diaryl/α,β-unsaturated/α-hetero) is 1. The van der Waals surface area contributed by atoms with E-state index in [-0.39, 0.29) is 23.2 Å². The van der Waals surface area contributed by atoms with Gasteiger partial charge in [-0.2, -0.15) is 5.26 Å². The topological polar surface area (TPSA) is 105 Å². The van der Waals surface area contributed by atoms with E-state index in [4.69, 9.17) is 4.74 Å². The Hall–Kier alpha value is -3.92. The van der Waals surface area contributed by atoms with Crippen LogP contribution in [0.5, 0.6) is 11.6 Å². The fourth-order valence-electron chi connectivity index (χ4n) is 3.46. The first-order valence-corrected chi connectivity index (χ1v) is 10.3. The van der Waals surface area contributed by atoms with Gasteiger partial charge in [-0.15, -0.1) is 0 Å². The van der Waals surface area contributed by atoms with Crippen LogP contribution in [0.25, 0.3) is 0 Å².